The van der Waals surface area contributed by atoms with Gasteiger partial charge in [0, 0.05) is 16.6 Å². The molecule has 1 aromatic heterocycles. The molecule has 174 valence electrons. The van der Waals surface area contributed by atoms with Crippen molar-refractivity contribution in [3.63, 3.8) is 0 Å². The summed E-state index contributed by atoms with van der Waals surface area (Å²) in [5, 5.41) is 0.813. The van der Waals surface area contributed by atoms with E-state index in [1.54, 1.807) is 12.1 Å². The summed E-state index contributed by atoms with van der Waals surface area (Å²) in [5.74, 6) is 0. The largest absolute Gasteiger partial charge is 0.357 e. The van der Waals surface area contributed by atoms with E-state index >= 15 is 0 Å². The van der Waals surface area contributed by atoms with Gasteiger partial charge in [-0.25, -0.2) is 8.42 Å². The quantitative estimate of drug-likeness (QED) is 0.266. The van der Waals surface area contributed by atoms with E-state index in [-0.39, 0.29) is 0 Å². The van der Waals surface area contributed by atoms with Crippen LogP contribution in [0.4, 0.5) is 0 Å². The van der Waals surface area contributed by atoms with Crippen molar-refractivity contribution in [2.24, 2.45) is 0 Å². The molecule has 0 fully saturated rings. The zero-order valence-corrected chi connectivity index (χ0v) is 20.9. The number of aryl methyl sites for hydroxylation is 3. The van der Waals surface area contributed by atoms with Gasteiger partial charge < -0.3 is 4.98 Å². The molecule has 0 bridgehead atoms. The van der Waals surface area contributed by atoms with Crippen molar-refractivity contribution in [1.82, 2.24) is 4.98 Å². The number of hydrogen-bond donors (Lipinski definition) is 1. The smallest absolute Gasteiger partial charge is 0.208 e. The van der Waals surface area contributed by atoms with Crippen LogP contribution >= 0.6 is 0 Å². The molecule has 0 aliphatic heterocycles. The van der Waals surface area contributed by atoms with Crippen LogP contribution in [0.2, 0.25) is 0 Å². The highest BCUT2D eigenvalue weighted by molar-refractivity contribution is 7.91. The Morgan fingerprint density at radius 3 is 1.91 bits per heavy atom. The molecule has 0 saturated carbocycles. The first-order valence-corrected chi connectivity index (χ1v) is 13.8. The van der Waals surface area contributed by atoms with Gasteiger partial charge in [0.2, 0.25) is 9.84 Å². The maximum atomic E-state index is 13.6. The summed E-state index contributed by atoms with van der Waals surface area (Å²) in [4.78, 5) is 4.27. The summed E-state index contributed by atoms with van der Waals surface area (Å²) in [5.41, 5.74) is 3.89. The van der Waals surface area contributed by atoms with Crippen LogP contribution in [0, 0.1) is 13.8 Å². The van der Waals surface area contributed by atoms with Gasteiger partial charge in [-0.15, -0.1) is 0 Å². The minimum Gasteiger partial charge on any atom is -0.357 e. The SMILES string of the molecule is CCCCCCCCCCCCc1[nH]c2ccc(C)cc2c1S(=O)(=O)c1ccc(C)cc1. The number of aromatic amines is 1. The van der Waals surface area contributed by atoms with Crippen molar-refractivity contribution in [2.75, 3.05) is 0 Å². The number of benzene rings is 2. The minimum atomic E-state index is -3.58. The summed E-state index contributed by atoms with van der Waals surface area (Å²) in [6.45, 7) is 6.24. The van der Waals surface area contributed by atoms with Gasteiger partial charge >= 0.3 is 0 Å². The van der Waals surface area contributed by atoms with Gasteiger partial charge in [-0.05, 0) is 51.0 Å². The fourth-order valence-electron chi connectivity index (χ4n) is 4.44. The molecule has 0 aliphatic rings. The molecule has 3 aromatic rings. The number of aromatic nitrogens is 1. The molecular formula is C28H39NO2S. The maximum Gasteiger partial charge on any atom is 0.208 e. The maximum absolute atomic E-state index is 13.6. The molecule has 2 aromatic carbocycles. The number of fused-ring (bicyclic) bond motifs is 1. The second-order valence-corrected chi connectivity index (χ2v) is 11.1. The molecule has 0 unspecified atom stereocenters. The molecule has 1 N–H and O–H groups in total. The van der Waals surface area contributed by atoms with Crippen molar-refractivity contribution < 1.29 is 8.42 Å². The lowest BCUT2D eigenvalue weighted by Gasteiger charge is -2.08. The summed E-state index contributed by atoms with van der Waals surface area (Å²) in [6.07, 6.45) is 13.5. The number of nitrogens with one attached hydrogen (secondary N) is 1. The summed E-state index contributed by atoms with van der Waals surface area (Å²) < 4.78 is 27.2. The topological polar surface area (TPSA) is 49.9 Å². The average Bonchev–Trinajstić information content (AvgIpc) is 3.13. The molecule has 32 heavy (non-hydrogen) atoms. The Kier molecular flexibility index (Phi) is 8.98. The second kappa shape index (κ2) is 11.7. The van der Waals surface area contributed by atoms with E-state index in [4.69, 9.17) is 0 Å². The van der Waals surface area contributed by atoms with E-state index in [1.165, 1.54) is 51.4 Å². The molecule has 0 aliphatic carbocycles. The van der Waals surface area contributed by atoms with E-state index in [0.29, 0.717) is 9.79 Å². The number of unbranched alkanes of at least 4 members (excludes halogenated alkanes) is 9. The van der Waals surface area contributed by atoms with Crippen LogP contribution in [0.25, 0.3) is 10.9 Å². The van der Waals surface area contributed by atoms with Gasteiger partial charge in [-0.3, -0.25) is 0 Å². The minimum absolute atomic E-state index is 0.370. The Morgan fingerprint density at radius 1 is 0.719 bits per heavy atom. The summed E-state index contributed by atoms with van der Waals surface area (Å²) in [7, 11) is -3.58. The Hall–Kier alpha value is -2.07. The van der Waals surface area contributed by atoms with E-state index in [9.17, 15) is 8.42 Å². The predicted molar refractivity (Wildman–Crippen MR) is 135 cm³/mol. The van der Waals surface area contributed by atoms with Crippen LogP contribution in [-0.2, 0) is 16.3 Å². The van der Waals surface area contributed by atoms with Gasteiger partial charge in [0.15, 0.2) is 0 Å². The van der Waals surface area contributed by atoms with Gasteiger partial charge in [0.25, 0.3) is 0 Å². The number of hydrogen-bond acceptors (Lipinski definition) is 2. The van der Waals surface area contributed by atoms with Crippen molar-refractivity contribution in [3.8, 4) is 0 Å². The van der Waals surface area contributed by atoms with Crippen LogP contribution < -0.4 is 0 Å². The zero-order chi connectivity index (χ0) is 23.0. The molecule has 0 atom stereocenters. The lowest BCUT2D eigenvalue weighted by molar-refractivity contribution is 0.554. The van der Waals surface area contributed by atoms with Gasteiger partial charge in [-0.1, -0.05) is 94.0 Å². The van der Waals surface area contributed by atoms with E-state index < -0.39 is 9.84 Å². The molecule has 0 amide bonds. The Balaban J connectivity index is 1.69. The highest BCUT2D eigenvalue weighted by atomic mass is 32.2. The summed E-state index contributed by atoms with van der Waals surface area (Å²) >= 11 is 0. The van der Waals surface area contributed by atoms with E-state index in [2.05, 4.69) is 11.9 Å². The van der Waals surface area contributed by atoms with Gasteiger partial charge in [0.1, 0.15) is 4.90 Å². The summed E-state index contributed by atoms with van der Waals surface area (Å²) in [6, 6.07) is 13.2. The van der Waals surface area contributed by atoms with Crippen LogP contribution in [0.1, 0.15) is 88.0 Å². The zero-order valence-electron chi connectivity index (χ0n) is 20.0. The van der Waals surface area contributed by atoms with Crippen LogP contribution in [0.3, 0.4) is 0 Å². The first kappa shape index (κ1) is 24.6. The predicted octanol–water partition coefficient (Wildman–Crippen LogP) is 8.08. The third-order valence-electron chi connectivity index (χ3n) is 6.36. The Labute approximate surface area is 194 Å². The molecule has 1 heterocycles. The third kappa shape index (κ3) is 6.25. The van der Waals surface area contributed by atoms with Gasteiger partial charge in [-0.2, -0.15) is 0 Å². The van der Waals surface area contributed by atoms with E-state index in [1.807, 2.05) is 44.2 Å². The molecule has 4 heteroatoms. The first-order chi connectivity index (χ1) is 15.4. The lowest BCUT2D eigenvalue weighted by Crippen LogP contribution is -2.05. The number of sulfone groups is 1. The van der Waals surface area contributed by atoms with Crippen LogP contribution in [-0.4, -0.2) is 13.4 Å². The molecule has 0 radical (unpaired) electrons. The fraction of sp³-hybridized carbons (Fsp3) is 0.500. The van der Waals surface area contributed by atoms with Crippen LogP contribution in [0.5, 0.6) is 0 Å². The fourth-order valence-corrected chi connectivity index (χ4v) is 6.11. The van der Waals surface area contributed by atoms with Crippen molar-refractivity contribution in [2.45, 2.75) is 101 Å². The third-order valence-corrected chi connectivity index (χ3v) is 8.26. The molecule has 0 spiro atoms. The average molecular weight is 454 g/mol. The molecular weight excluding hydrogens is 414 g/mol. The number of rotatable bonds is 13. The normalized spacial score (nSPS) is 12.0. The standard InChI is InChI=1S/C28H39NO2S/c1-4-5-6-7-8-9-10-11-12-13-14-27-28(25-21-23(3)17-20-26(25)29-27)32(30,31)24-18-15-22(2)16-19-24/h15-21,29H,4-14H2,1-3H3. The molecule has 0 saturated heterocycles. The Bertz CT molecular complexity index is 1090. The van der Waals surface area contributed by atoms with Gasteiger partial charge in [0.05, 0.1) is 4.90 Å². The van der Waals surface area contributed by atoms with Crippen molar-refractivity contribution >= 4 is 20.7 Å². The van der Waals surface area contributed by atoms with Crippen molar-refractivity contribution in [3.05, 3.63) is 59.3 Å². The van der Waals surface area contributed by atoms with Crippen LogP contribution in [0.15, 0.2) is 52.3 Å². The first-order valence-electron chi connectivity index (χ1n) is 12.4. The molecule has 3 nitrogen and oxygen atoms in total. The number of H-pyrrole nitrogens is 1. The second-order valence-electron chi connectivity index (χ2n) is 9.23. The monoisotopic (exact) mass is 453 g/mol. The van der Waals surface area contributed by atoms with E-state index in [0.717, 1.165) is 47.0 Å². The highest BCUT2D eigenvalue weighted by Crippen LogP contribution is 2.33. The lowest BCUT2D eigenvalue weighted by atomic mass is 10.1. The highest BCUT2D eigenvalue weighted by Gasteiger charge is 2.26. The molecule has 3 rings (SSSR count). The Morgan fingerprint density at radius 2 is 1.28 bits per heavy atom. The van der Waals surface area contributed by atoms with Crippen molar-refractivity contribution in [1.29, 1.82) is 0 Å².